The van der Waals surface area contributed by atoms with E-state index in [-0.39, 0.29) is 6.04 Å². The SMILES string of the molecule is COC[C@@H](C)NC(=S)N/N=C\c1cc(C)n(C[C@H]2CCCO2)c1C. The lowest BCUT2D eigenvalue weighted by atomic mass is 10.2. The van der Waals surface area contributed by atoms with Crippen LogP contribution in [-0.4, -0.2) is 48.4 Å². The zero-order valence-corrected chi connectivity index (χ0v) is 15.8. The Labute approximate surface area is 149 Å². The summed E-state index contributed by atoms with van der Waals surface area (Å²) in [5.41, 5.74) is 6.35. The highest BCUT2D eigenvalue weighted by atomic mass is 32.1. The van der Waals surface area contributed by atoms with Gasteiger partial charge in [0.05, 0.1) is 18.9 Å². The summed E-state index contributed by atoms with van der Waals surface area (Å²) >= 11 is 5.21. The van der Waals surface area contributed by atoms with Crippen molar-refractivity contribution in [3.63, 3.8) is 0 Å². The van der Waals surface area contributed by atoms with Gasteiger partial charge in [0.1, 0.15) is 0 Å². The van der Waals surface area contributed by atoms with Crippen LogP contribution in [0.15, 0.2) is 11.2 Å². The first-order valence-electron chi connectivity index (χ1n) is 8.38. The molecule has 1 aromatic heterocycles. The Balaban J connectivity index is 1.91. The molecule has 2 heterocycles. The number of hydrogen-bond acceptors (Lipinski definition) is 4. The van der Waals surface area contributed by atoms with E-state index in [1.807, 2.05) is 13.1 Å². The highest BCUT2D eigenvalue weighted by Crippen LogP contribution is 2.19. The molecular formula is C17H28N4O2S. The number of aryl methyl sites for hydroxylation is 1. The van der Waals surface area contributed by atoms with E-state index in [1.54, 1.807) is 7.11 Å². The first kappa shape index (κ1) is 18.9. The van der Waals surface area contributed by atoms with Crippen molar-refractivity contribution < 1.29 is 9.47 Å². The number of rotatable bonds is 7. The van der Waals surface area contributed by atoms with Gasteiger partial charge in [-0.15, -0.1) is 0 Å². The number of methoxy groups -OCH3 is 1. The Morgan fingerprint density at radius 1 is 1.58 bits per heavy atom. The van der Waals surface area contributed by atoms with Crippen molar-refractivity contribution in [1.29, 1.82) is 0 Å². The lowest BCUT2D eigenvalue weighted by Gasteiger charge is -2.14. The van der Waals surface area contributed by atoms with Crippen molar-refractivity contribution in [2.75, 3.05) is 20.3 Å². The quantitative estimate of drug-likeness (QED) is 0.447. The number of nitrogens with one attached hydrogen (secondary N) is 2. The van der Waals surface area contributed by atoms with Gasteiger partial charge in [0.15, 0.2) is 5.11 Å². The lowest BCUT2D eigenvalue weighted by molar-refractivity contribution is 0.0962. The van der Waals surface area contributed by atoms with Crippen LogP contribution < -0.4 is 10.7 Å². The van der Waals surface area contributed by atoms with Gasteiger partial charge in [-0.3, -0.25) is 5.43 Å². The topological polar surface area (TPSA) is 59.8 Å². The molecule has 2 rings (SSSR count). The van der Waals surface area contributed by atoms with Crippen LogP contribution in [0.2, 0.25) is 0 Å². The zero-order chi connectivity index (χ0) is 17.5. The van der Waals surface area contributed by atoms with Crippen LogP contribution in [-0.2, 0) is 16.0 Å². The number of thiocarbonyl (C=S) groups is 1. The standard InChI is InChI=1S/C17H28N4O2S/c1-12(11-22-4)19-17(24)20-18-9-15-8-13(2)21(14(15)3)10-16-6-5-7-23-16/h8-9,12,16H,5-7,10-11H2,1-4H3,(H2,19,20,24)/b18-9-/t12-,16-/m1/s1. The normalized spacial score (nSPS) is 18.9. The molecule has 6 nitrogen and oxygen atoms in total. The number of hydrogen-bond donors (Lipinski definition) is 2. The van der Waals surface area contributed by atoms with E-state index in [2.05, 4.69) is 40.3 Å². The molecule has 1 aromatic rings. The second-order valence-corrected chi connectivity index (χ2v) is 6.68. The maximum atomic E-state index is 5.74. The van der Waals surface area contributed by atoms with Crippen LogP contribution in [0.25, 0.3) is 0 Å². The smallest absolute Gasteiger partial charge is 0.187 e. The number of ether oxygens (including phenoxy) is 2. The molecule has 24 heavy (non-hydrogen) atoms. The van der Waals surface area contributed by atoms with Crippen LogP contribution >= 0.6 is 12.2 Å². The van der Waals surface area contributed by atoms with Crippen LogP contribution in [0.3, 0.4) is 0 Å². The molecule has 0 bridgehead atoms. The van der Waals surface area contributed by atoms with E-state index >= 15 is 0 Å². The summed E-state index contributed by atoms with van der Waals surface area (Å²) in [6.45, 7) is 8.61. The van der Waals surface area contributed by atoms with Crippen molar-refractivity contribution in [3.8, 4) is 0 Å². The predicted molar refractivity (Wildman–Crippen MR) is 101 cm³/mol. The molecule has 1 aliphatic heterocycles. The minimum absolute atomic E-state index is 0.140. The molecular weight excluding hydrogens is 324 g/mol. The van der Waals surface area contributed by atoms with Crippen molar-refractivity contribution in [1.82, 2.24) is 15.3 Å². The van der Waals surface area contributed by atoms with Gasteiger partial charge in [0.25, 0.3) is 0 Å². The fourth-order valence-electron chi connectivity index (χ4n) is 2.94. The van der Waals surface area contributed by atoms with Gasteiger partial charge in [-0.25, -0.2) is 0 Å². The maximum absolute atomic E-state index is 5.74. The Bertz CT molecular complexity index is 579. The molecule has 0 amide bonds. The Hall–Kier alpha value is -1.44. The molecule has 2 N–H and O–H groups in total. The largest absolute Gasteiger partial charge is 0.383 e. The van der Waals surface area contributed by atoms with Crippen molar-refractivity contribution in [3.05, 3.63) is 23.0 Å². The predicted octanol–water partition coefficient (Wildman–Crippen LogP) is 2.12. The first-order valence-corrected chi connectivity index (χ1v) is 8.79. The van der Waals surface area contributed by atoms with Crippen LogP contribution in [0.1, 0.15) is 36.7 Å². The van der Waals surface area contributed by atoms with Crippen molar-refractivity contribution >= 4 is 23.5 Å². The molecule has 1 saturated heterocycles. The minimum Gasteiger partial charge on any atom is -0.383 e. The molecule has 134 valence electrons. The van der Waals surface area contributed by atoms with Gasteiger partial charge < -0.3 is 19.4 Å². The molecule has 0 spiro atoms. The summed E-state index contributed by atoms with van der Waals surface area (Å²) in [6.07, 6.45) is 4.44. The van der Waals surface area contributed by atoms with E-state index < -0.39 is 0 Å². The molecule has 0 aliphatic carbocycles. The fraction of sp³-hybridized carbons (Fsp3) is 0.647. The number of hydrazone groups is 1. The van der Waals surface area contributed by atoms with E-state index in [1.165, 1.54) is 11.4 Å². The van der Waals surface area contributed by atoms with Crippen molar-refractivity contribution in [2.45, 2.75) is 52.3 Å². The summed E-state index contributed by atoms with van der Waals surface area (Å²) < 4.78 is 13.1. The van der Waals surface area contributed by atoms with Crippen LogP contribution in [0.5, 0.6) is 0 Å². The lowest BCUT2D eigenvalue weighted by Crippen LogP contribution is -2.40. The number of aromatic nitrogens is 1. The average Bonchev–Trinajstić information content (AvgIpc) is 3.12. The molecule has 0 radical (unpaired) electrons. The number of nitrogens with zero attached hydrogens (tertiary/aromatic N) is 2. The highest BCUT2D eigenvalue weighted by Gasteiger charge is 2.18. The molecule has 0 saturated carbocycles. The molecule has 2 atom stereocenters. The van der Waals surface area contributed by atoms with E-state index in [9.17, 15) is 0 Å². The van der Waals surface area contributed by atoms with Gasteiger partial charge in [0.2, 0.25) is 0 Å². The third-order valence-corrected chi connectivity index (χ3v) is 4.40. The highest BCUT2D eigenvalue weighted by molar-refractivity contribution is 7.80. The third-order valence-electron chi connectivity index (χ3n) is 4.19. The molecule has 7 heteroatoms. The second-order valence-electron chi connectivity index (χ2n) is 6.27. The summed E-state index contributed by atoms with van der Waals surface area (Å²) in [5, 5.41) is 7.83. The Kier molecular flexibility index (Phi) is 7.20. The summed E-state index contributed by atoms with van der Waals surface area (Å²) in [4.78, 5) is 0. The van der Waals surface area contributed by atoms with Crippen LogP contribution in [0, 0.1) is 13.8 Å². The van der Waals surface area contributed by atoms with E-state index in [0.29, 0.717) is 17.8 Å². The molecule has 0 unspecified atom stereocenters. The summed E-state index contributed by atoms with van der Waals surface area (Å²) in [7, 11) is 1.67. The fourth-order valence-corrected chi connectivity index (χ4v) is 3.19. The van der Waals surface area contributed by atoms with Gasteiger partial charge in [-0.05, 0) is 51.9 Å². The third kappa shape index (κ3) is 5.29. The Morgan fingerprint density at radius 2 is 2.38 bits per heavy atom. The summed E-state index contributed by atoms with van der Waals surface area (Å²) in [6, 6.07) is 2.28. The van der Waals surface area contributed by atoms with E-state index in [4.69, 9.17) is 21.7 Å². The van der Waals surface area contributed by atoms with Gasteiger partial charge >= 0.3 is 0 Å². The maximum Gasteiger partial charge on any atom is 0.187 e. The van der Waals surface area contributed by atoms with Gasteiger partial charge in [-0.1, -0.05) is 0 Å². The minimum atomic E-state index is 0.140. The van der Waals surface area contributed by atoms with Gasteiger partial charge in [-0.2, -0.15) is 5.10 Å². The van der Waals surface area contributed by atoms with Crippen molar-refractivity contribution in [2.24, 2.45) is 5.10 Å². The van der Waals surface area contributed by atoms with Crippen LogP contribution in [0.4, 0.5) is 0 Å². The molecule has 1 aliphatic rings. The summed E-state index contributed by atoms with van der Waals surface area (Å²) in [5.74, 6) is 0. The molecule has 0 aromatic carbocycles. The Morgan fingerprint density at radius 3 is 3.04 bits per heavy atom. The monoisotopic (exact) mass is 352 g/mol. The first-order chi connectivity index (χ1) is 11.5. The zero-order valence-electron chi connectivity index (χ0n) is 15.0. The second kappa shape index (κ2) is 9.15. The van der Waals surface area contributed by atoms with Gasteiger partial charge in [0, 0.05) is 43.3 Å². The van der Waals surface area contributed by atoms with E-state index in [0.717, 1.165) is 31.6 Å². The molecule has 1 fully saturated rings. The average molecular weight is 353 g/mol.